The number of ether oxygens (including phenoxy) is 2. The number of rotatable bonds is 5. The summed E-state index contributed by atoms with van der Waals surface area (Å²) in [7, 11) is -3.85. The second-order valence-electron chi connectivity index (χ2n) is 10.1. The molecule has 4 fully saturated rings. The molecule has 4 saturated carbocycles. The minimum Gasteiger partial charge on any atom is -0.486 e. The van der Waals surface area contributed by atoms with Gasteiger partial charge in [-0.3, -0.25) is 9.52 Å². The zero-order valence-electron chi connectivity index (χ0n) is 18.4. The van der Waals surface area contributed by atoms with E-state index in [4.69, 9.17) is 9.47 Å². The molecule has 33 heavy (non-hydrogen) atoms. The molecular formula is C25H28N2O5S. The summed E-state index contributed by atoms with van der Waals surface area (Å²) in [6.45, 7) is 0.820. The molecule has 4 aliphatic carbocycles. The van der Waals surface area contributed by atoms with Crippen LogP contribution < -0.4 is 19.5 Å². The Bertz CT molecular complexity index is 1170. The third kappa shape index (κ3) is 3.94. The minimum atomic E-state index is -3.85. The Hall–Kier alpha value is -2.74. The van der Waals surface area contributed by atoms with E-state index in [1.807, 2.05) is 0 Å². The van der Waals surface area contributed by atoms with Crippen LogP contribution in [-0.2, 0) is 10.0 Å². The molecule has 4 bridgehead atoms. The monoisotopic (exact) mass is 468 g/mol. The first-order valence-electron chi connectivity index (χ1n) is 11.7. The number of anilines is 1. The average Bonchev–Trinajstić information content (AvgIpc) is 2.77. The highest BCUT2D eigenvalue weighted by molar-refractivity contribution is 7.92. The minimum absolute atomic E-state index is 0.0789. The molecule has 0 saturated heterocycles. The number of hydrogen-bond acceptors (Lipinski definition) is 5. The van der Waals surface area contributed by atoms with Crippen LogP contribution in [0.5, 0.6) is 11.5 Å². The number of carbonyl (C=O) groups is 1. The van der Waals surface area contributed by atoms with E-state index in [1.54, 1.807) is 30.3 Å². The molecule has 174 valence electrons. The molecule has 2 N–H and O–H groups in total. The number of fused-ring (bicyclic) bond motifs is 1. The van der Waals surface area contributed by atoms with Gasteiger partial charge in [0.15, 0.2) is 11.5 Å². The van der Waals surface area contributed by atoms with E-state index in [1.165, 1.54) is 31.4 Å². The lowest BCUT2D eigenvalue weighted by atomic mass is 9.53. The number of carbonyl (C=O) groups excluding carboxylic acids is 1. The van der Waals surface area contributed by atoms with E-state index in [0.717, 1.165) is 37.0 Å². The van der Waals surface area contributed by atoms with E-state index in [9.17, 15) is 13.2 Å². The quantitative estimate of drug-likeness (QED) is 0.693. The van der Waals surface area contributed by atoms with E-state index in [0.29, 0.717) is 36.0 Å². The first kappa shape index (κ1) is 20.8. The fourth-order valence-corrected chi connectivity index (χ4v) is 7.77. The summed E-state index contributed by atoms with van der Waals surface area (Å²) in [4.78, 5) is 13.2. The predicted molar refractivity (Wildman–Crippen MR) is 123 cm³/mol. The van der Waals surface area contributed by atoms with Crippen LogP contribution in [0.25, 0.3) is 0 Å². The average molecular weight is 469 g/mol. The van der Waals surface area contributed by atoms with Crippen LogP contribution in [0, 0.1) is 17.8 Å². The highest BCUT2D eigenvalue weighted by Gasteiger charge is 2.51. The molecule has 8 heteroatoms. The Labute approximate surface area is 193 Å². The summed E-state index contributed by atoms with van der Waals surface area (Å²) in [6.07, 6.45) is 7.15. The van der Waals surface area contributed by atoms with Gasteiger partial charge in [-0.2, -0.15) is 0 Å². The van der Waals surface area contributed by atoms with Crippen molar-refractivity contribution in [2.45, 2.75) is 49.0 Å². The summed E-state index contributed by atoms with van der Waals surface area (Å²) >= 11 is 0. The van der Waals surface area contributed by atoms with Crippen LogP contribution in [0.4, 0.5) is 5.69 Å². The van der Waals surface area contributed by atoms with Crippen LogP contribution in [-0.4, -0.2) is 33.1 Å². The topological polar surface area (TPSA) is 93.7 Å². The number of benzene rings is 2. The molecule has 1 aliphatic heterocycles. The van der Waals surface area contributed by atoms with E-state index in [2.05, 4.69) is 10.0 Å². The van der Waals surface area contributed by atoms with Gasteiger partial charge in [0.1, 0.15) is 13.2 Å². The maximum absolute atomic E-state index is 13.2. The number of amides is 1. The first-order valence-corrected chi connectivity index (χ1v) is 13.2. The molecular weight excluding hydrogens is 440 g/mol. The lowest BCUT2D eigenvalue weighted by molar-refractivity contribution is -0.0167. The Morgan fingerprint density at radius 2 is 1.55 bits per heavy atom. The molecule has 0 radical (unpaired) electrons. The van der Waals surface area contributed by atoms with Gasteiger partial charge < -0.3 is 14.8 Å². The van der Waals surface area contributed by atoms with Crippen LogP contribution in [0.15, 0.2) is 47.4 Å². The number of nitrogens with one attached hydrogen (secondary N) is 2. The summed E-state index contributed by atoms with van der Waals surface area (Å²) in [5, 5.41) is 3.35. The molecule has 0 atom stereocenters. The standard InChI is InChI=1S/C25H28N2O5S/c28-24(26-25-13-16-8-17(14-25)10-18(9-16)15-25)19-2-1-3-20(11-19)27-33(29,30)21-4-5-22-23(12-21)32-7-6-31-22/h1-5,11-12,16-18,27H,6-10,13-15H2,(H,26,28). The van der Waals surface area contributed by atoms with Crippen molar-refractivity contribution in [3.8, 4) is 11.5 Å². The van der Waals surface area contributed by atoms with Gasteiger partial charge in [0, 0.05) is 22.9 Å². The summed E-state index contributed by atoms with van der Waals surface area (Å²) in [6, 6.07) is 11.2. The highest BCUT2D eigenvalue weighted by Crippen LogP contribution is 2.55. The van der Waals surface area contributed by atoms with E-state index >= 15 is 0 Å². The highest BCUT2D eigenvalue weighted by atomic mass is 32.2. The maximum atomic E-state index is 13.2. The zero-order chi connectivity index (χ0) is 22.6. The Morgan fingerprint density at radius 3 is 2.24 bits per heavy atom. The van der Waals surface area contributed by atoms with Gasteiger partial charge in [-0.05, 0) is 86.6 Å². The van der Waals surface area contributed by atoms with Crippen molar-refractivity contribution < 1.29 is 22.7 Å². The molecule has 7 nitrogen and oxygen atoms in total. The molecule has 0 unspecified atom stereocenters. The van der Waals surface area contributed by atoms with Crippen molar-refractivity contribution in [2.75, 3.05) is 17.9 Å². The predicted octanol–water partition coefficient (Wildman–Crippen LogP) is 3.96. The van der Waals surface area contributed by atoms with Crippen LogP contribution in [0.3, 0.4) is 0 Å². The molecule has 1 amide bonds. The summed E-state index contributed by atoms with van der Waals surface area (Å²) in [5.74, 6) is 3.02. The van der Waals surface area contributed by atoms with Crippen molar-refractivity contribution in [3.63, 3.8) is 0 Å². The molecule has 2 aromatic carbocycles. The van der Waals surface area contributed by atoms with Gasteiger partial charge in [-0.1, -0.05) is 6.07 Å². The maximum Gasteiger partial charge on any atom is 0.262 e. The second kappa shape index (κ2) is 7.65. The van der Waals surface area contributed by atoms with Crippen LogP contribution >= 0.6 is 0 Å². The number of hydrogen-bond donors (Lipinski definition) is 2. The largest absolute Gasteiger partial charge is 0.486 e. The molecule has 0 aromatic heterocycles. The molecule has 0 spiro atoms. The summed E-state index contributed by atoms with van der Waals surface area (Å²) in [5.41, 5.74) is 0.725. The SMILES string of the molecule is O=C(NC12CC3CC(CC(C3)C1)C2)c1cccc(NS(=O)(=O)c2ccc3c(c2)OCCO3)c1. The fourth-order valence-electron chi connectivity index (χ4n) is 6.71. The van der Waals surface area contributed by atoms with Crippen molar-refractivity contribution in [3.05, 3.63) is 48.0 Å². The lowest BCUT2D eigenvalue weighted by Crippen LogP contribution is -2.59. The lowest BCUT2D eigenvalue weighted by Gasteiger charge is -2.56. The third-order valence-corrected chi connectivity index (χ3v) is 9.00. The molecule has 1 heterocycles. The normalized spacial score (nSPS) is 29.5. The van der Waals surface area contributed by atoms with Crippen molar-refractivity contribution in [1.82, 2.24) is 5.32 Å². The molecule has 5 aliphatic rings. The Kier molecular flexibility index (Phi) is 4.83. The Balaban J connectivity index is 1.19. The fraction of sp³-hybridized carbons (Fsp3) is 0.480. The zero-order valence-corrected chi connectivity index (χ0v) is 19.2. The smallest absolute Gasteiger partial charge is 0.262 e. The van der Waals surface area contributed by atoms with Gasteiger partial charge in [-0.25, -0.2) is 8.42 Å². The number of sulfonamides is 1. The Morgan fingerprint density at radius 1 is 0.879 bits per heavy atom. The van der Waals surface area contributed by atoms with Gasteiger partial charge in [0.05, 0.1) is 4.90 Å². The molecule has 7 rings (SSSR count). The summed E-state index contributed by atoms with van der Waals surface area (Å²) < 4.78 is 39.5. The third-order valence-electron chi connectivity index (χ3n) is 7.62. The van der Waals surface area contributed by atoms with Gasteiger partial charge in [-0.15, -0.1) is 0 Å². The first-order chi connectivity index (χ1) is 15.9. The van der Waals surface area contributed by atoms with E-state index < -0.39 is 10.0 Å². The van der Waals surface area contributed by atoms with Gasteiger partial charge in [0.2, 0.25) is 0 Å². The van der Waals surface area contributed by atoms with Crippen LogP contribution in [0.2, 0.25) is 0 Å². The molecule has 2 aromatic rings. The van der Waals surface area contributed by atoms with Crippen LogP contribution in [0.1, 0.15) is 48.9 Å². The van der Waals surface area contributed by atoms with Crippen molar-refractivity contribution >= 4 is 21.6 Å². The van der Waals surface area contributed by atoms with E-state index in [-0.39, 0.29) is 16.3 Å². The second-order valence-corrected chi connectivity index (χ2v) is 11.8. The van der Waals surface area contributed by atoms with Crippen molar-refractivity contribution in [2.24, 2.45) is 17.8 Å². The van der Waals surface area contributed by atoms with Gasteiger partial charge in [0.25, 0.3) is 15.9 Å². The van der Waals surface area contributed by atoms with Gasteiger partial charge >= 0.3 is 0 Å². The van der Waals surface area contributed by atoms with Crippen molar-refractivity contribution in [1.29, 1.82) is 0 Å².